The van der Waals surface area contributed by atoms with Gasteiger partial charge in [-0.05, 0) is 52.5 Å². The van der Waals surface area contributed by atoms with Crippen molar-refractivity contribution in [2.24, 2.45) is 0 Å². The summed E-state index contributed by atoms with van der Waals surface area (Å²) >= 11 is 3.28. The van der Waals surface area contributed by atoms with Crippen molar-refractivity contribution in [3.63, 3.8) is 0 Å². The van der Waals surface area contributed by atoms with Gasteiger partial charge in [-0.2, -0.15) is 0 Å². The van der Waals surface area contributed by atoms with E-state index in [2.05, 4.69) is 20.7 Å². The smallest absolute Gasteiger partial charge is 0.263 e. The van der Waals surface area contributed by atoms with Gasteiger partial charge < -0.3 is 0 Å². The molecule has 0 unspecified atom stereocenters. The average molecular weight is 354 g/mol. The Hall–Kier alpha value is -1.33. The molecule has 3 nitrogen and oxygen atoms in total. The Kier molecular flexibility index (Phi) is 4.50. The van der Waals surface area contributed by atoms with E-state index in [-0.39, 0.29) is 4.90 Å². The number of rotatable bonds is 4. The van der Waals surface area contributed by atoms with E-state index >= 15 is 0 Å². The minimum atomic E-state index is -3.60. The van der Waals surface area contributed by atoms with Gasteiger partial charge >= 0.3 is 0 Å². The molecule has 0 aliphatic carbocycles. The molecular formula is C15H16BrNO2S. The van der Waals surface area contributed by atoms with Gasteiger partial charge in [-0.15, -0.1) is 0 Å². The minimum absolute atomic E-state index is 0.241. The highest BCUT2D eigenvalue weighted by Crippen LogP contribution is 2.27. The van der Waals surface area contributed by atoms with Crippen LogP contribution in [0.5, 0.6) is 0 Å². The Morgan fingerprint density at radius 3 is 2.45 bits per heavy atom. The third-order valence-corrected chi connectivity index (χ3v) is 5.46. The van der Waals surface area contributed by atoms with Gasteiger partial charge in [0, 0.05) is 4.47 Å². The zero-order valence-corrected chi connectivity index (χ0v) is 13.8. The molecule has 0 saturated carbocycles. The van der Waals surface area contributed by atoms with Crippen LogP contribution in [0.3, 0.4) is 0 Å². The Bertz CT molecular complexity index is 726. The Labute approximate surface area is 128 Å². The number of benzene rings is 2. The van der Waals surface area contributed by atoms with Gasteiger partial charge in [-0.1, -0.05) is 37.3 Å². The molecule has 2 rings (SSSR count). The SMILES string of the molecule is CCc1cccc(C)c1NS(=O)(=O)c1ccccc1Br. The van der Waals surface area contributed by atoms with E-state index in [4.69, 9.17) is 0 Å². The fourth-order valence-electron chi connectivity index (χ4n) is 2.02. The molecule has 2 aromatic carbocycles. The zero-order valence-electron chi connectivity index (χ0n) is 11.4. The molecule has 0 atom stereocenters. The highest BCUT2D eigenvalue weighted by atomic mass is 79.9. The molecule has 0 fully saturated rings. The van der Waals surface area contributed by atoms with Crippen LogP contribution in [0.15, 0.2) is 51.8 Å². The topological polar surface area (TPSA) is 46.2 Å². The highest BCUT2D eigenvalue weighted by Gasteiger charge is 2.19. The second kappa shape index (κ2) is 5.97. The number of halogens is 1. The molecule has 0 radical (unpaired) electrons. The van der Waals surface area contributed by atoms with Crippen LogP contribution in [-0.4, -0.2) is 8.42 Å². The summed E-state index contributed by atoms with van der Waals surface area (Å²) in [4.78, 5) is 0.241. The molecule has 0 saturated heterocycles. The highest BCUT2D eigenvalue weighted by molar-refractivity contribution is 9.10. The van der Waals surface area contributed by atoms with E-state index in [1.807, 2.05) is 32.0 Å². The van der Waals surface area contributed by atoms with Crippen molar-refractivity contribution in [2.75, 3.05) is 4.72 Å². The number of anilines is 1. The van der Waals surface area contributed by atoms with Crippen LogP contribution in [0.2, 0.25) is 0 Å². The van der Waals surface area contributed by atoms with Crippen molar-refractivity contribution < 1.29 is 8.42 Å². The van der Waals surface area contributed by atoms with Gasteiger partial charge in [-0.3, -0.25) is 4.72 Å². The van der Waals surface area contributed by atoms with E-state index in [0.29, 0.717) is 10.2 Å². The number of nitrogens with one attached hydrogen (secondary N) is 1. The van der Waals surface area contributed by atoms with Crippen molar-refractivity contribution >= 4 is 31.6 Å². The van der Waals surface area contributed by atoms with Crippen LogP contribution >= 0.6 is 15.9 Å². The quantitative estimate of drug-likeness (QED) is 0.898. The summed E-state index contributed by atoms with van der Waals surface area (Å²) in [6.45, 7) is 3.90. The zero-order chi connectivity index (χ0) is 14.8. The van der Waals surface area contributed by atoms with Crippen molar-refractivity contribution in [1.82, 2.24) is 0 Å². The largest absolute Gasteiger partial charge is 0.279 e. The summed E-state index contributed by atoms with van der Waals surface area (Å²) in [5.41, 5.74) is 2.58. The predicted octanol–water partition coefficient (Wildman–Crippen LogP) is 4.12. The van der Waals surface area contributed by atoms with Gasteiger partial charge in [0.25, 0.3) is 10.0 Å². The van der Waals surface area contributed by atoms with Crippen LogP contribution in [0.4, 0.5) is 5.69 Å². The summed E-state index contributed by atoms with van der Waals surface area (Å²) in [7, 11) is -3.60. The molecule has 106 valence electrons. The van der Waals surface area contributed by atoms with Crippen molar-refractivity contribution in [1.29, 1.82) is 0 Å². The number of para-hydroxylation sites is 1. The number of aryl methyl sites for hydroxylation is 2. The van der Waals surface area contributed by atoms with Gasteiger partial charge in [0.1, 0.15) is 4.90 Å². The number of hydrogen-bond donors (Lipinski definition) is 1. The molecule has 0 heterocycles. The molecule has 0 amide bonds. The van der Waals surface area contributed by atoms with E-state index < -0.39 is 10.0 Å². The lowest BCUT2D eigenvalue weighted by atomic mass is 10.1. The van der Waals surface area contributed by atoms with E-state index in [9.17, 15) is 8.42 Å². The number of sulfonamides is 1. The van der Waals surface area contributed by atoms with Crippen molar-refractivity contribution in [2.45, 2.75) is 25.2 Å². The third kappa shape index (κ3) is 3.04. The van der Waals surface area contributed by atoms with E-state index in [0.717, 1.165) is 17.5 Å². The maximum Gasteiger partial charge on any atom is 0.263 e. The second-order valence-corrected chi connectivity index (χ2v) is 7.00. The first-order valence-electron chi connectivity index (χ1n) is 6.31. The molecule has 0 bridgehead atoms. The van der Waals surface area contributed by atoms with Crippen LogP contribution in [0.25, 0.3) is 0 Å². The van der Waals surface area contributed by atoms with Gasteiger partial charge in [-0.25, -0.2) is 8.42 Å². The van der Waals surface area contributed by atoms with E-state index in [1.165, 1.54) is 0 Å². The van der Waals surface area contributed by atoms with Gasteiger partial charge in [0.15, 0.2) is 0 Å². The minimum Gasteiger partial charge on any atom is -0.279 e. The van der Waals surface area contributed by atoms with Crippen LogP contribution in [0, 0.1) is 6.92 Å². The monoisotopic (exact) mass is 353 g/mol. The summed E-state index contributed by atoms with van der Waals surface area (Å²) in [5.74, 6) is 0. The standard InChI is InChI=1S/C15H16BrNO2S/c1-3-12-8-6-7-11(2)15(12)17-20(18,19)14-10-5-4-9-13(14)16/h4-10,17H,3H2,1-2H3. The normalized spacial score (nSPS) is 11.3. The molecule has 0 spiro atoms. The first kappa shape index (κ1) is 15.1. The summed E-state index contributed by atoms with van der Waals surface area (Å²) in [6.07, 6.45) is 0.773. The Morgan fingerprint density at radius 2 is 1.80 bits per heavy atom. The molecule has 1 N–H and O–H groups in total. The lowest BCUT2D eigenvalue weighted by Gasteiger charge is -2.15. The molecule has 0 aromatic heterocycles. The van der Waals surface area contributed by atoms with Gasteiger partial charge in [0.05, 0.1) is 5.69 Å². The average Bonchev–Trinajstić information content (AvgIpc) is 2.41. The van der Waals surface area contributed by atoms with Crippen molar-refractivity contribution in [3.05, 3.63) is 58.1 Å². The third-order valence-electron chi connectivity index (χ3n) is 3.10. The van der Waals surface area contributed by atoms with Crippen molar-refractivity contribution in [3.8, 4) is 0 Å². The molecule has 5 heteroatoms. The fourth-order valence-corrected chi connectivity index (χ4v) is 4.20. The molecule has 2 aromatic rings. The van der Waals surface area contributed by atoms with Crippen LogP contribution < -0.4 is 4.72 Å². The first-order chi connectivity index (χ1) is 9.45. The van der Waals surface area contributed by atoms with Gasteiger partial charge in [0.2, 0.25) is 0 Å². The second-order valence-electron chi connectivity index (χ2n) is 4.50. The summed E-state index contributed by atoms with van der Waals surface area (Å²) < 4.78 is 28.3. The lowest BCUT2D eigenvalue weighted by Crippen LogP contribution is -2.15. The van der Waals surface area contributed by atoms with E-state index in [1.54, 1.807) is 24.3 Å². The van der Waals surface area contributed by atoms with Crippen LogP contribution in [0.1, 0.15) is 18.1 Å². The Balaban J connectivity index is 2.47. The first-order valence-corrected chi connectivity index (χ1v) is 8.59. The molecule has 20 heavy (non-hydrogen) atoms. The fraction of sp³-hybridized carbons (Fsp3) is 0.200. The molecular weight excluding hydrogens is 338 g/mol. The lowest BCUT2D eigenvalue weighted by molar-refractivity contribution is 0.600. The molecule has 0 aliphatic heterocycles. The number of hydrogen-bond acceptors (Lipinski definition) is 2. The van der Waals surface area contributed by atoms with Crippen LogP contribution in [-0.2, 0) is 16.4 Å². The summed E-state index contributed by atoms with van der Waals surface area (Å²) in [6, 6.07) is 12.6. The maximum absolute atomic E-state index is 12.5. The summed E-state index contributed by atoms with van der Waals surface area (Å²) in [5, 5.41) is 0. The Morgan fingerprint density at radius 1 is 1.10 bits per heavy atom. The predicted molar refractivity (Wildman–Crippen MR) is 85.5 cm³/mol. The molecule has 0 aliphatic rings. The maximum atomic E-state index is 12.5.